The number of rotatable bonds is 5. The Hall–Kier alpha value is -3.40. The van der Waals surface area contributed by atoms with Crippen LogP contribution in [0, 0.1) is 5.82 Å². The number of amides is 1. The molecule has 0 bridgehead atoms. The fraction of sp³-hybridized carbons (Fsp3) is 0.333. The van der Waals surface area contributed by atoms with Gasteiger partial charge in [0.2, 0.25) is 0 Å². The van der Waals surface area contributed by atoms with Gasteiger partial charge in [0.05, 0.1) is 22.6 Å². The molecule has 0 N–H and O–H groups in total. The summed E-state index contributed by atoms with van der Waals surface area (Å²) in [6.07, 6.45) is -1.23. The van der Waals surface area contributed by atoms with Crippen molar-refractivity contribution in [3.8, 4) is 11.4 Å². The Balaban J connectivity index is 1.81. The zero-order valence-corrected chi connectivity index (χ0v) is 18.9. The lowest BCUT2D eigenvalue weighted by molar-refractivity contribution is -0.137. The molecule has 1 aromatic carbocycles. The van der Waals surface area contributed by atoms with E-state index in [1.54, 1.807) is 43.1 Å². The number of alkyl halides is 3. The third kappa shape index (κ3) is 4.77. The number of benzene rings is 1. The number of aromatic nitrogens is 3. The van der Waals surface area contributed by atoms with Gasteiger partial charge in [-0.25, -0.2) is 14.4 Å². The van der Waals surface area contributed by atoms with E-state index in [1.807, 2.05) is 0 Å². The number of hydrogen-bond donors (Lipinski definition) is 0. The minimum atomic E-state index is -4.68. The first-order valence-corrected chi connectivity index (χ1v) is 10.6. The predicted octanol–water partition coefficient (Wildman–Crippen LogP) is 4.02. The van der Waals surface area contributed by atoms with Crippen LogP contribution in [0.4, 0.5) is 17.6 Å². The van der Waals surface area contributed by atoms with Gasteiger partial charge >= 0.3 is 6.18 Å². The standard InChI is InChI=1S/C24H23F4N5O/c1-32(2)12-19(14-8-15(24(26,27)28)10-16(25)9-14)20-11-21(31-13-30-20)22-17-5-7-33(3)23(34)18(17)4-6-29-22/h4,6,8-11,13,19H,5,7,12H2,1-3H3/t19-/m1/s1. The highest BCUT2D eigenvalue weighted by Gasteiger charge is 2.33. The molecule has 0 fully saturated rings. The van der Waals surface area contributed by atoms with E-state index >= 15 is 0 Å². The summed E-state index contributed by atoms with van der Waals surface area (Å²) in [5.41, 5.74) is 1.83. The van der Waals surface area contributed by atoms with Gasteiger partial charge in [0.25, 0.3) is 5.91 Å². The number of halogens is 4. The van der Waals surface area contributed by atoms with E-state index in [-0.39, 0.29) is 11.5 Å². The molecule has 1 amide bonds. The Morgan fingerprint density at radius 3 is 2.59 bits per heavy atom. The summed E-state index contributed by atoms with van der Waals surface area (Å²) >= 11 is 0. The summed E-state index contributed by atoms with van der Waals surface area (Å²) in [5.74, 6) is -1.73. The maximum Gasteiger partial charge on any atom is 0.416 e. The number of hydrogen-bond acceptors (Lipinski definition) is 5. The molecule has 0 aliphatic carbocycles. The van der Waals surface area contributed by atoms with Crippen molar-refractivity contribution in [2.75, 3.05) is 34.2 Å². The minimum Gasteiger partial charge on any atom is -0.341 e. The Labute approximate surface area is 194 Å². The normalized spacial score (nSPS) is 14.9. The van der Waals surface area contributed by atoms with Crippen LogP contribution in [0.2, 0.25) is 0 Å². The van der Waals surface area contributed by atoms with Gasteiger partial charge in [-0.3, -0.25) is 9.78 Å². The van der Waals surface area contributed by atoms with E-state index in [0.29, 0.717) is 48.2 Å². The Kier molecular flexibility index (Phi) is 6.35. The molecule has 1 aliphatic rings. The molecule has 1 aliphatic heterocycles. The first kappa shape index (κ1) is 23.7. The maximum absolute atomic E-state index is 14.2. The molecule has 2 aromatic heterocycles. The van der Waals surface area contributed by atoms with Gasteiger partial charge in [0.15, 0.2) is 0 Å². The molecule has 4 rings (SSSR count). The van der Waals surface area contributed by atoms with Crippen molar-refractivity contribution in [1.82, 2.24) is 24.8 Å². The van der Waals surface area contributed by atoms with Crippen molar-refractivity contribution < 1.29 is 22.4 Å². The lowest BCUT2D eigenvalue weighted by Crippen LogP contribution is -2.34. The third-order valence-corrected chi connectivity index (χ3v) is 5.82. The van der Waals surface area contributed by atoms with Gasteiger partial charge in [-0.2, -0.15) is 13.2 Å². The van der Waals surface area contributed by atoms with Gasteiger partial charge < -0.3 is 9.80 Å². The fourth-order valence-electron chi connectivity index (χ4n) is 4.16. The number of carbonyl (C=O) groups excluding carboxylic acids is 1. The Morgan fingerprint density at radius 2 is 1.88 bits per heavy atom. The lowest BCUT2D eigenvalue weighted by Gasteiger charge is -2.26. The highest BCUT2D eigenvalue weighted by molar-refractivity contribution is 5.98. The van der Waals surface area contributed by atoms with Gasteiger partial charge in [0, 0.05) is 37.8 Å². The number of carbonyl (C=O) groups is 1. The molecule has 0 unspecified atom stereocenters. The van der Waals surface area contributed by atoms with E-state index in [1.165, 1.54) is 12.5 Å². The molecule has 10 heteroatoms. The quantitative estimate of drug-likeness (QED) is 0.524. The second-order valence-corrected chi connectivity index (χ2v) is 8.58. The average Bonchev–Trinajstić information content (AvgIpc) is 2.78. The molecule has 0 spiro atoms. The Morgan fingerprint density at radius 1 is 1.12 bits per heavy atom. The van der Waals surface area contributed by atoms with E-state index < -0.39 is 23.5 Å². The summed E-state index contributed by atoms with van der Waals surface area (Å²) in [6, 6.07) is 5.85. The van der Waals surface area contributed by atoms with E-state index in [2.05, 4.69) is 15.0 Å². The van der Waals surface area contributed by atoms with Crippen LogP contribution in [0.25, 0.3) is 11.4 Å². The van der Waals surface area contributed by atoms with Crippen LogP contribution >= 0.6 is 0 Å². The van der Waals surface area contributed by atoms with Crippen molar-refractivity contribution >= 4 is 5.91 Å². The number of likely N-dealkylation sites (N-methyl/N-ethyl adjacent to an activating group) is 2. The molecular weight excluding hydrogens is 450 g/mol. The van der Waals surface area contributed by atoms with Crippen LogP contribution in [0.5, 0.6) is 0 Å². The largest absolute Gasteiger partial charge is 0.416 e. The highest BCUT2D eigenvalue weighted by Crippen LogP contribution is 2.35. The monoisotopic (exact) mass is 473 g/mol. The second-order valence-electron chi connectivity index (χ2n) is 8.58. The number of fused-ring (bicyclic) bond motifs is 1. The van der Waals surface area contributed by atoms with E-state index in [4.69, 9.17) is 0 Å². The van der Waals surface area contributed by atoms with Gasteiger partial charge in [0.1, 0.15) is 12.1 Å². The van der Waals surface area contributed by atoms with Crippen molar-refractivity contribution in [2.24, 2.45) is 0 Å². The molecule has 0 radical (unpaired) electrons. The van der Waals surface area contributed by atoms with Crippen molar-refractivity contribution in [3.05, 3.63) is 76.6 Å². The molecule has 3 heterocycles. The molecule has 0 saturated heterocycles. The zero-order valence-electron chi connectivity index (χ0n) is 18.9. The lowest BCUT2D eigenvalue weighted by atomic mass is 9.91. The first-order chi connectivity index (χ1) is 16.0. The summed E-state index contributed by atoms with van der Waals surface area (Å²) in [7, 11) is 5.28. The van der Waals surface area contributed by atoms with Crippen molar-refractivity contribution in [2.45, 2.75) is 18.5 Å². The van der Waals surface area contributed by atoms with Crippen LogP contribution in [0.3, 0.4) is 0 Å². The average molecular weight is 473 g/mol. The van der Waals surface area contributed by atoms with Crippen LogP contribution in [-0.2, 0) is 12.6 Å². The van der Waals surface area contributed by atoms with Crippen molar-refractivity contribution in [3.63, 3.8) is 0 Å². The first-order valence-electron chi connectivity index (χ1n) is 10.6. The molecule has 6 nitrogen and oxygen atoms in total. The molecule has 0 saturated carbocycles. The summed E-state index contributed by atoms with van der Waals surface area (Å²) in [6.45, 7) is 0.829. The predicted molar refractivity (Wildman–Crippen MR) is 118 cm³/mol. The molecule has 1 atom stereocenters. The van der Waals surface area contributed by atoms with Gasteiger partial charge in [-0.1, -0.05) is 0 Å². The molecule has 178 valence electrons. The maximum atomic E-state index is 14.2. The molecule has 3 aromatic rings. The fourth-order valence-corrected chi connectivity index (χ4v) is 4.16. The molecular formula is C24H23F4N5O. The summed E-state index contributed by atoms with van der Waals surface area (Å²) < 4.78 is 54.2. The summed E-state index contributed by atoms with van der Waals surface area (Å²) in [4.78, 5) is 29.1. The van der Waals surface area contributed by atoms with Crippen LogP contribution in [0.1, 0.15) is 38.7 Å². The van der Waals surface area contributed by atoms with Crippen molar-refractivity contribution in [1.29, 1.82) is 0 Å². The van der Waals surface area contributed by atoms with E-state index in [9.17, 15) is 22.4 Å². The Bertz CT molecular complexity index is 1230. The second kappa shape index (κ2) is 9.09. The van der Waals surface area contributed by atoms with Crippen LogP contribution < -0.4 is 0 Å². The number of nitrogens with zero attached hydrogens (tertiary/aromatic N) is 5. The SMILES string of the molecule is CN(C)C[C@H](c1cc(F)cc(C(F)(F)F)c1)c1cc(-c2nccc3c2CCN(C)C3=O)ncn1. The highest BCUT2D eigenvalue weighted by atomic mass is 19.4. The van der Waals surface area contributed by atoms with Gasteiger partial charge in [-0.15, -0.1) is 0 Å². The van der Waals surface area contributed by atoms with Crippen LogP contribution in [0.15, 0.2) is 42.9 Å². The smallest absolute Gasteiger partial charge is 0.341 e. The van der Waals surface area contributed by atoms with E-state index in [0.717, 1.165) is 17.7 Å². The molecule has 34 heavy (non-hydrogen) atoms. The topological polar surface area (TPSA) is 62.2 Å². The zero-order chi connectivity index (χ0) is 24.6. The van der Waals surface area contributed by atoms with Crippen LogP contribution in [-0.4, -0.2) is 64.9 Å². The number of pyridine rings is 1. The van der Waals surface area contributed by atoms with Gasteiger partial charge in [-0.05, 0) is 62.0 Å². The minimum absolute atomic E-state index is 0.107. The summed E-state index contributed by atoms with van der Waals surface area (Å²) in [5, 5.41) is 0. The third-order valence-electron chi connectivity index (χ3n) is 5.82.